The molecule has 0 spiro atoms. The summed E-state index contributed by atoms with van der Waals surface area (Å²) in [5.41, 5.74) is 0. The summed E-state index contributed by atoms with van der Waals surface area (Å²) >= 11 is 0. The van der Waals surface area contributed by atoms with Gasteiger partial charge in [0.05, 0.1) is 0 Å². The SMILES string of the molecule is O=C(/C=N/O)NCCN1CCCN(CCNC(=O)/C=N/O)CC1. The average molecular weight is 328 g/mol. The van der Waals surface area contributed by atoms with Crippen LogP contribution >= 0.6 is 0 Å². The third kappa shape index (κ3) is 8.73. The lowest BCUT2D eigenvalue weighted by Crippen LogP contribution is -2.39. The van der Waals surface area contributed by atoms with Crippen LogP contribution in [0.1, 0.15) is 6.42 Å². The maximum atomic E-state index is 11.1. The van der Waals surface area contributed by atoms with Crippen molar-refractivity contribution < 1.29 is 20.0 Å². The molecule has 23 heavy (non-hydrogen) atoms. The number of carbonyl (C=O) groups is 2. The first-order chi connectivity index (χ1) is 11.2. The van der Waals surface area contributed by atoms with Gasteiger partial charge in [-0.15, -0.1) is 0 Å². The van der Waals surface area contributed by atoms with E-state index in [2.05, 4.69) is 30.7 Å². The standard InChI is InChI=1S/C13H24N6O4/c20-12(10-16-22)14-2-6-18-4-1-5-19(9-8-18)7-3-15-13(21)11-17-23/h10-11,22-23H,1-9H2,(H,14,20)(H,15,21)/b16-10+,17-11+. The van der Waals surface area contributed by atoms with Gasteiger partial charge in [0.25, 0.3) is 11.8 Å². The first kappa shape index (κ1) is 18.8. The number of hydrogen-bond acceptors (Lipinski definition) is 8. The molecular weight excluding hydrogens is 304 g/mol. The van der Waals surface area contributed by atoms with Crippen LogP contribution in [0.15, 0.2) is 10.3 Å². The number of nitrogens with one attached hydrogen (secondary N) is 2. The van der Waals surface area contributed by atoms with Gasteiger partial charge in [0.2, 0.25) is 0 Å². The Morgan fingerprint density at radius 3 is 1.70 bits per heavy atom. The van der Waals surface area contributed by atoms with E-state index in [9.17, 15) is 9.59 Å². The van der Waals surface area contributed by atoms with Gasteiger partial charge in [-0.3, -0.25) is 9.59 Å². The molecule has 10 heteroatoms. The summed E-state index contributed by atoms with van der Waals surface area (Å²) in [6.07, 6.45) is 2.68. The van der Waals surface area contributed by atoms with Gasteiger partial charge in [0, 0.05) is 39.3 Å². The van der Waals surface area contributed by atoms with Crippen molar-refractivity contribution in [2.45, 2.75) is 6.42 Å². The minimum atomic E-state index is -0.411. The summed E-state index contributed by atoms with van der Waals surface area (Å²) in [7, 11) is 0. The average Bonchev–Trinajstić information content (AvgIpc) is 2.73. The molecule has 1 aliphatic heterocycles. The van der Waals surface area contributed by atoms with Gasteiger partial charge in [-0.2, -0.15) is 0 Å². The van der Waals surface area contributed by atoms with E-state index < -0.39 is 11.8 Å². The largest absolute Gasteiger partial charge is 0.411 e. The highest BCUT2D eigenvalue weighted by atomic mass is 16.4. The van der Waals surface area contributed by atoms with Crippen molar-refractivity contribution in [3.63, 3.8) is 0 Å². The smallest absolute Gasteiger partial charge is 0.265 e. The molecule has 1 fully saturated rings. The van der Waals surface area contributed by atoms with E-state index in [1.165, 1.54) is 0 Å². The van der Waals surface area contributed by atoms with Crippen LogP contribution in [0.3, 0.4) is 0 Å². The fourth-order valence-corrected chi connectivity index (χ4v) is 2.34. The van der Waals surface area contributed by atoms with Crippen molar-refractivity contribution in [1.29, 1.82) is 0 Å². The van der Waals surface area contributed by atoms with Gasteiger partial charge in [-0.1, -0.05) is 10.3 Å². The molecule has 0 bridgehead atoms. The molecule has 10 nitrogen and oxygen atoms in total. The molecule has 2 amide bonds. The molecule has 0 aromatic carbocycles. The highest BCUT2D eigenvalue weighted by Crippen LogP contribution is 2.01. The Kier molecular flexibility index (Phi) is 9.32. The summed E-state index contributed by atoms with van der Waals surface area (Å²) in [5, 5.41) is 27.1. The molecular formula is C13H24N6O4. The number of nitrogens with zero attached hydrogens (tertiary/aromatic N) is 4. The molecule has 130 valence electrons. The van der Waals surface area contributed by atoms with Crippen molar-refractivity contribution in [3.8, 4) is 0 Å². The number of carbonyl (C=O) groups excluding carboxylic acids is 2. The highest BCUT2D eigenvalue weighted by Gasteiger charge is 2.14. The molecule has 0 saturated carbocycles. The second-order valence-corrected chi connectivity index (χ2v) is 5.11. The molecule has 0 radical (unpaired) electrons. The van der Waals surface area contributed by atoms with E-state index in [-0.39, 0.29) is 0 Å². The van der Waals surface area contributed by atoms with Crippen molar-refractivity contribution in [2.24, 2.45) is 10.3 Å². The minimum Gasteiger partial charge on any atom is -0.411 e. The molecule has 1 heterocycles. The normalized spacial score (nSPS) is 17.4. The van der Waals surface area contributed by atoms with Gasteiger partial charge in [0.15, 0.2) is 0 Å². The van der Waals surface area contributed by atoms with Crippen molar-refractivity contribution in [2.75, 3.05) is 52.4 Å². The Labute approximate surface area is 134 Å². The van der Waals surface area contributed by atoms with E-state index in [0.29, 0.717) is 13.1 Å². The monoisotopic (exact) mass is 328 g/mol. The Balaban J connectivity index is 2.17. The van der Waals surface area contributed by atoms with E-state index in [0.717, 1.165) is 58.1 Å². The molecule has 0 unspecified atom stereocenters. The quantitative estimate of drug-likeness (QED) is 0.235. The van der Waals surface area contributed by atoms with Gasteiger partial charge in [0.1, 0.15) is 12.4 Å². The molecule has 0 aromatic rings. The van der Waals surface area contributed by atoms with Crippen LogP contribution in [-0.2, 0) is 9.59 Å². The van der Waals surface area contributed by atoms with Gasteiger partial charge in [-0.25, -0.2) is 0 Å². The number of rotatable bonds is 8. The van der Waals surface area contributed by atoms with Gasteiger partial charge >= 0.3 is 0 Å². The predicted molar refractivity (Wildman–Crippen MR) is 84.1 cm³/mol. The van der Waals surface area contributed by atoms with Gasteiger partial charge < -0.3 is 30.8 Å². The molecule has 4 N–H and O–H groups in total. The molecule has 0 aromatic heterocycles. The van der Waals surface area contributed by atoms with Crippen LogP contribution in [0, 0.1) is 0 Å². The maximum absolute atomic E-state index is 11.1. The van der Waals surface area contributed by atoms with Gasteiger partial charge in [-0.05, 0) is 19.5 Å². The topological polar surface area (TPSA) is 130 Å². The summed E-state index contributed by atoms with van der Waals surface area (Å²) in [4.78, 5) is 26.8. The first-order valence-corrected chi connectivity index (χ1v) is 7.51. The molecule has 1 aliphatic rings. The lowest BCUT2D eigenvalue weighted by Gasteiger charge is -2.21. The number of oxime groups is 2. The Hall–Kier alpha value is -2.20. The van der Waals surface area contributed by atoms with Crippen molar-refractivity contribution in [3.05, 3.63) is 0 Å². The lowest BCUT2D eigenvalue weighted by atomic mass is 10.3. The van der Waals surface area contributed by atoms with Crippen LogP contribution in [0.2, 0.25) is 0 Å². The van der Waals surface area contributed by atoms with E-state index in [4.69, 9.17) is 10.4 Å². The van der Waals surface area contributed by atoms with E-state index in [1.54, 1.807) is 0 Å². The van der Waals surface area contributed by atoms with E-state index in [1.807, 2.05) is 0 Å². The van der Waals surface area contributed by atoms with Crippen LogP contribution < -0.4 is 10.6 Å². The second kappa shape index (κ2) is 11.4. The van der Waals surface area contributed by atoms with Crippen LogP contribution in [0.25, 0.3) is 0 Å². The zero-order valence-corrected chi connectivity index (χ0v) is 13.0. The fraction of sp³-hybridized carbons (Fsp3) is 0.692. The Morgan fingerprint density at radius 2 is 1.30 bits per heavy atom. The second-order valence-electron chi connectivity index (χ2n) is 5.11. The summed E-state index contributed by atoms with van der Waals surface area (Å²) < 4.78 is 0. The summed E-state index contributed by atoms with van der Waals surface area (Å²) in [6, 6.07) is 0. The van der Waals surface area contributed by atoms with Crippen molar-refractivity contribution >= 4 is 24.2 Å². The van der Waals surface area contributed by atoms with Crippen LogP contribution in [-0.4, -0.2) is 96.8 Å². The molecule has 0 aliphatic carbocycles. The van der Waals surface area contributed by atoms with Crippen LogP contribution in [0.4, 0.5) is 0 Å². The maximum Gasteiger partial charge on any atom is 0.265 e. The zero-order chi connectivity index (χ0) is 16.9. The third-order valence-corrected chi connectivity index (χ3v) is 3.49. The van der Waals surface area contributed by atoms with Crippen molar-refractivity contribution in [1.82, 2.24) is 20.4 Å². The molecule has 1 saturated heterocycles. The third-order valence-electron chi connectivity index (χ3n) is 3.49. The fourth-order valence-electron chi connectivity index (χ4n) is 2.34. The highest BCUT2D eigenvalue weighted by molar-refractivity contribution is 6.26. The molecule has 1 rings (SSSR count). The number of amides is 2. The Morgan fingerprint density at radius 1 is 0.870 bits per heavy atom. The minimum absolute atomic E-state index is 0.411. The zero-order valence-electron chi connectivity index (χ0n) is 13.0. The summed E-state index contributed by atoms with van der Waals surface area (Å²) in [6.45, 7) is 6.15. The lowest BCUT2D eigenvalue weighted by molar-refractivity contribution is -0.115. The van der Waals surface area contributed by atoms with E-state index >= 15 is 0 Å². The Bertz CT molecular complexity index is 391. The number of hydrogen-bond donors (Lipinski definition) is 4. The predicted octanol–water partition coefficient (Wildman–Crippen LogP) is -1.85. The van der Waals surface area contributed by atoms with Crippen LogP contribution in [0.5, 0.6) is 0 Å². The first-order valence-electron chi connectivity index (χ1n) is 7.51. The summed E-state index contributed by atoms with van der Waals surface area (Å²) in [5.74, 6) is -0.822. The molecule has 0 atom stereocenters.